The maximum absolute atomic E-state index is 9.63. The number of aliphatic carboxylic acids is 1. The number of ether oxygens (including phenoxy) is 1. The van der Waals surface area contributed by atoms with E-state index in [0.717, 1.165) is 13.2 Å². The van der Waals surface area contributed by atoms with Crippen LogP contribution < -0.4 is 5.11 Å². The number of hydrogen-bond donors (Lipinski definition) is 0. The van der Waals surface area contributed by atoms with E-state index in [4.69, 9.17) is 4.74 Å². The minimum absolute atomic E-state index is 0.168. The first kappa shape index (κ1) is 18.7. The van der Waals surface area contributed by atoms with Crippen LogP contribution in [0.5, 0.6) is 0 Å². The molecule has 0 radical (unpaired) electrons. The van der Waals surface area contributed by atoms with E-state index in [0.29, 0.717) is 5.75 Å². The summed E-state index contributed by atoms with van der Waals surface area (Å²) in [6.07, 6.45) is 6.28. The van der Waals surface area contributed by atoms with E-state index < -0.39 is 5.97 Å². The average molecular weight is 291 g/mol. The topological polar surface area (TPSA) is 49.4 Å². The molecule has 1 rings (SSSR count). The second-order valence-electron chi connectivity index (χ2n) is 5.16. The second kappa shape index (κ2) is 11.6. The van der Waals surface area contributed by atoms with Crippen LogP contribution in [-0.2, 0) is 9.53 Å². The first-order chi connectivity index (χ1) is 9.04. The third-order valence-corrected chi connectivity index (χ3v) is 4.00. The fourth-order valence-corrected chi connectivity index (χ4v) is 2.48. The molecule has 0 spiro atoms. The number of carbonyl (C=O) groups excluding carboxylic acids is 1. The number of nitrogens with zero attached hydrogens (tertiary/aromatic N) is 1. The molecule has 0 atom stereocenters. The Balaban J connectivity index is 0.000000399. The van der Waals surface area contributed by atoms with Crippen LogP contribution in [0, 0.1) is 0 Å². The van der Waals surface area contributed by atoms with Crippen molar-refractivity contribution >= 4 is 17.7 Å². The van der Waals surface area contributed by atoms with Gasteiger partial charge in [-0.1, -0.05) is 0 Å². The molecule has 1 fully saturated rings. The lowest BCUT2D eigenvalue weighted by molar-refractivity contribution is -0.914. The highest BCUT2D eigenvalue weighted by Gasteiger charge is 2.23. The number of thioether (sulfide) groups is 1. The lowest BCUT2D eigenvalue weighted by Crippen LogP contribution is -2.49. The molecular formula is C14H29NO3S. The molecule has 19 heavy (non-hydrogen) atoms. The predicted molar refractivity (Wildman–Crippen MR) is 79.1 cm³/mol. The lowest BCUT2D eigenvalue weighted by atomic mass is 10.1. The molecule has 114 valence electrons. The van der Waals surface area contributed by atoms with Crippen molar-refractivity contribution in [2.75, 3.05) is 51.9 Å². The minimum atomic E-state index is -0.964. The quantitative estimate of drug-likeness (QED) is 0.521. The van der Waals surface area contributed by atoms with E-state index in [9.17, 15) is 9.90 Å². The second-order valence-corrected chi connectivity index (χ2v) is 6.15. The lowest BCUT2D eigenvalue weighted by Gasteiger charge is -2.37. The maximum Gasteiger partial charge on any atom is 0.102 e. The number of piperidine rings is 1. The normalized spacial score (nSPS) is 17.4. The average Bonchev–Trinajstić information content (AvgIpc) is 2.38. The van der Waals surface area contributed by atoms with Gasteiger partial charge in [-0.15, -0.1) is 0 Å². The largest absolute Gasteiger partial charge is 0.550 e. The van der Waals surface area contributed by atoms with Gasteiger partial charge in [-0.2, -0.15) is 11.8 Å². The number of likely N-dealkylation sites (N-methyl/N-ethyl adjacent to an activating group) is 1. The van der Waals surface area contributed by atoms with Crippen LogP contribution in [0.15, 0.2) is 0 Å². The SMILES string of the molecule is CCOCC[N+]1(C)CCCCC1.CSCCC(=O)[O-]. The van der Waals surface area contributed by atoms with Crippen LogP contribution in [0.25, 0.3) is 0 Å². The van der Waals surface area contributed by atoms with E-state index >= 15 is 0 Å². The van der Waals surface area contributed by atoms with Gasteiger partial charge in [0.15, 0.2) is 0 Å². The van der Waals surface area contributed by atoms with Crippen LogP contribution in [-0.4, -0.2) is 62.4 Å². The molecule has 0 aromatic heterocycles. The van der Waals surface area contributed by atoms with Crippen molar-refractivity contribution in [3.63, 3.8) is 0 Å². The van der Waals surface area contributed by atoms with Gasteiger partial charge in [-0.3, -0.25) is 0 Å². The molecule has 0 N–H and O–H groups in total. The van der Waals surface area contributed by atoms with E-state index in [1.54, 1.807) is 0 Å². The monoisotopic (exact) mass is 291 g/mol. The van der Waals surface area contributed by atoms with E-state index in [-0.39, 0.29) is 6.42 Å². The molecule has 1 aliphatic rings. The summed E-state index contributed by atoms with van der Waals surface area (Å²) in [6, 6.07) is 0. The predicted octanol–water partition coefficient (Wildman–Crippen LogP) is 1.14. The van der Waals surface area contributed by atoms with Crippen LogP contribution >= 0.6 is 11.8 Å². The Morgan fingerprint density at radius 2 is 1.95 bits per heavy atom. The molecule has 1 saturated heterocycles. The highest BCUT2D eigenvalue weighted by atomic mass is 32.2. The Morgan fingerprint density at radius 3 is 2.37 bits per heavy atom. The van der Waals surface area contributed by atoms with Crippen molar-refractivity contribution in [1.29, 1.82) is 0 Å². The van der Waals surface area contributed by atoms with Gasteiger partial charge in [0.25, 0.3) is 0 Å². The Kier molecular flexibility index (Phi) is 11.4. The van der Waals surface area contributed by atoms with Crippen molar-refractivity contribution in [2.45, 2.75) is 32.6 Å². The molecule has 0 amide bonds. The van der Waals surface area contributed by atoms with E-state index in [1.165, 1.54) is 55.1 Å². The third-order valence-electron chi connectivity index (χ3n) is 3.39. The molecule has 0 aromatic carbocycles. The summed E-state index contributed by atoms with van der Waals surface area (Å²) in [4.78, 5) is 9.63. The van der Waals surface area contributed by atoms with Crippen molar-refractivity contribution in [3.05, 3.63) is 0 Å². The van der Waals surface area contributed by atoms with Gasteiger partial charge in [-0.25, -0.2) is 0 Å². The summed E-state index contributed by atoms with van der Waals surface area (Å²) in [5, 5.41) is 9.63. The van der Waals surface area contributed by atoms with Crippen LogP contribution in [0.4, 0.5) is 0 Å². The zero-order valence-electron chi connectivity index (χ0n) is 12.7. The molecular weight excluding hydrogens is 262 g/mol. The highest BCUT2D eigenvalue weighted by molar-refractivity contribution is 7.98. The minimum Gasteiger partial charge on any atom is -0.550 e. The molecule has 4 nitrogen and oxygen atoms in total. The van der Waals surface area contributed by atoms with Crippen molar-refractivity contribution in [2.24, 2.45) is 0 Å². The molecule has 0 aliphatic carbocycles. The van der Waals surface area contributed by atoms with Crippen molar-refractivity contribution in [3.8, 4) is 0 Å². The van der Waals surface area contributed by atoms with Crippen LogP contribution in [0.2, 0.25) is 0 Å². The number of carbonyl (C=O) groups is 1. The van der Waals surface area contributed by atoms with Gasteiger partial charge in [-0.05, 0) is 44.6 Å². The molecule has 1 heterocycles. The number of hydrogen-bond acceptors (Lipinski definition) is 4. The zero-order chi connectivity index (χ0) is 14.6. The van der Waals surface area contributed by atoms with Gasteiger partial charge in [0.2, 0.25) is 0 Å². The number of carboxylic acids is 1. The van der Waals surface area contributed by atoms with Gasteiger partial charge < -0.3 is 19.1 Å². The van der Waals surface area contributed by atoms with Gasteiger partial charge in [0.1, 0.15) is 6.54 Å². The maximum atomic E-state index is 9.63. The number of quaternary nitrogens is 1. The standard InChI is InChI=1S/C10H22NO.C4H8O2S/c1-3-12-10-9-11(2)7-5-4-6-8-11;1-7-3-2-4(5)6/h3-10H2,1-2H3;2-3H2,1H3,(H,5,6)/q+1;/p-1. The molecule has 0 bridgehead atoms. The van der Waals surface area contributed by atoms with E-state index in [2.05, 4.69) is 14.0 Å². The highest BCUT2D eigenvalue weighted by Crippen LogP contribution is 2.15. The molecule has 0 saturated carbocycles. The number of likely N-dealkylation sites (tertiary alicyclic amines) is 1. The summed E-state index contributed by atoms with van der Waals surface area (Å²) in [5.74, 6) is -0.308. The Bertz CT molecular complexity index is 231. The Morgan fingerprint density at radius 1 is 1.32 bits per heavy atom. The van der Waals surface area contributed by atoms with Crippen molar-refractivity contribution in [1.82, 2.24) is 0 Å². The zero-order valence-corrected chi connectivity index (χ0v) is 13.5. The first-order valence-corrected chi connectivity index (χ1v) is 8.53. The number of rotatable bonds is 7. The third kappa shape index (κ3) is 11.3. The molecule has 0 unspecified atom stereocenters. The van der Waals surface area contributed by atoms with Crippen LogP contribution in [0.1, 0.15) is 32.6 Å². The smallest absolute Gasteiger partial charge is 0.102 e. The summed E-state index contributed by atoms with van der Waals surface area (Å²) in [5.41, 5.74) is 0. The Hall–Kier alpha value is -0.260. The molecule has 0 aromatic rings. The Labute approximate surface area is 122 Å². The summed E-state index contributed by atoms with van der Waals surface area (Å²) < 4.78 is 6.62. The van der Waals surface area contributed by atoms with Gasteiger partial charge in [0, 0.05) is 12.6 Å². The van der Waals surface area contributed by atoms with Gasteiger partial charge >= 0.3 is 0 Å². The first-order valence-electron chi connectivity index (χ1n) is 7.14. The van der Waals surface area contributed by atoms with Crippen molar-refractivity contribution < 1.29 is 19.1 Å². The summed E-state index contributed by atoms with van der Waals surface area (Å²) >= 11 is 1.51. The molecule has 5 heteroatoms. The van der Waals surface area contributed by atoms with E-state index in [1.807, 2.05) is 6.26 Å². The fourth-order valence-electron chi connectivity index (χ4n) is 2.11. The summed E-state index contributed by atoms with van der Waals surface area (Å²) in [7, 11) is 2.36. The van der Waals surface area contributed by atoms with Gasteiger partial charge in [0.05, 0.1) is 26.7 Å². The molecule has 1 aliphatic heterocycles. The number of carboxylic acid groups (broad SMARTS) is 1. The fraction of sp³-hybridized carbons (Fsp3) is 0.929. The van der Waals surface area contributed by atoms with Crippen LogP contribution in [0.3, 0.4) is 0 Å². The summed E-state index contributed by atoms with van der Waals surface area (Å²) in [6.45, 7) is 7.77.